The van der Waals surface area contributed by atoms with E-state index in [1.54, 1.807) is 0 Å². The fourth-order valence-corrected chi connectivity index (χ4v) is 2.74. The molecule has 1 aliphatic rings. The fourth-order valence-electron chi connectivity index (χ4n) is 2.74. The van der Waals surface area contributed by atoms with Gasteiger partial charge in [0.2, 0.25) is 0 Å². The second-order valence-corrected chi connectivity index (χ2v) is 6.39. The highest BCUT2D eigenvalue weighted by molar-refractivity contribution is 5.80. The smallest absolute Gasteiger partial charge is 0.416 e. The molecule has 0 aliphatic heterocycles. The highest BCUT2D eigenvalue weighted by atomic mass is 19.4. The van der Waals surface area contributed by atoms with E-state index >= 15 is 0 Å². The van der Waals surface area contributed by atoms with Crippen LogP contribution in [-0.4, -0.2) is 36.5 Å². The van der Waals surface area contributed by atoms with E-state index in [2.05, 4.69) is 10.6 Å². The molecule has 2 N–H and O–H groups in total. The molecule has 2 rings (SSSR count). The molecule has 1 aromatic rings. The average Bonchev–Trinajstić information content (AvgIpc) is 3.15. The molecule has 1 amide bonds. The lowest BCUT2D eigenvalue weighted by atomic mass is 10.1. The van der Waals surface area contributed by atoms with Crippen LogP contribution in [0.4, 0.5) is 24.5 Å². The Morgan fingerprint density at radius 2 is 2.03 bits per heavy atom. The van der Waals surface area contributed by atoms with Crippen molar-refractivity contribution in [2.75, 3.05) is 25.0 Å². The van der Waals surface area contributed by atoms with Crippen LogP contribution in [0.25, 0.3) is 0 Å². The van der Waals surface area contributed by atoms with Gasteiger partial charge in [-0.2, -0.15) is 13.2 Å². The van der Waals surface area contributed by atoms with E-state index < -0.39 is 40.8 Å². The molecule has 0 saturated heterocycles. The first-order valence-electron chi connectivity index (χ1n) is 8.85. The number of esters is 1. The molecule has 29 heavy (non-hydrogen) atoms. The maximum absolute atomic E-state index is 12.7. The van der Waals surface area contributed by atoms with E-state index in [0.717, 1.165) is 25.0 Å². The summed E-state index contributed by atoms with van der Waals surface area (Å²) in [6.07, 6.45) is 1.24. The van der Waals surface area contributed by atoms with Crippen molar-refractivity contribution in [3.8, 4) is 0 Å². The molecule has 0 saturated carbocycles. The Morgan fingerprint density at radius 3 is 2.66 bits per heavy atom. The van der Waals surface area contributed by atoms with Crippen molar-refractivity contribution in [2.45, 2.75) is 25.4 Å². The molecule has 1 atom stereocenters. The third-order valence-electron chi connectivity index (χ3n) is 4.19. The number of carbonyl (C=O) groups excluding carboxylic acids is 2. The van der Waals surface area contributed by atoms with Gasteiger partial charge in [0, 0.05) is 19.2 Å². The Balaban J connectivity index is 1.74. The number of alkyl halides is 3. The number of hydrogen-bond acceptors (Lipinski definition) is 6. The topological polar surface area (TPSA) is 111 Å². The Hall–Kier alpha value is -3.11. The maximum Gasteiger partial charge on any atom is 0.416 e. The molecule has 1 aliphatic carbocycles. The van der Waals surface area contributed by atoms with Crippen LogP contribution in [0.15, 0.2) is 30.4 Å². The van der Waals surface area contributed by atoms with Gasteiger partial charge in [-0.25, -0.2) is 0 Å². The van der Waals surface area contributed by atoms with Crippen molar-refractivity contribution in [3.05, 3.63) is 46.0 Å². The van der Waals surface area contributed by atoms with Crippen LogP contribution in [0.2, 0.25) is 0 Å². The lowest BCUT2D eigenvalue weighted by molar-refractivity contribution is -0.384. The van der Waals surface area contributed by atoms with Gasteiger partial charge in [0.15, 0.2) is 6.61 Å². The Kier molecular flexibility index (Phi) is 7.57. The minimum Gasteiger partial charge on any atom is -0.456 e. The van der Waals surface area contributed by atoms with E-state index in [1.807, 2.05) is 12.2 Å². The zero-order chi connectivity index (χ0) is 21.4. The van der Waals surface area contributed by atoms with E-state index in [-0.39, 0.29) is 31.1 Å². The largest absolute Gasteiger partial charge is 0.456 e. The normalized spacial score (nSPS) is 15.8. The maximum atomic E-state index is 12.7. The number of carbonyl (C=O) groups is 2. The van der Waals surface area contributed by atoms with Crippen LogP contribution in [0.3, 0.4) is 0 Å². The second kappa shape index (κ2) is 9.89. The zero-order valence-corrected chi connectivity index (χ0v) is 15.3. The number of anilines is 1. The molecule has 1 aromatic carbocycles. The molecule has 8 nitrogen and oxygen atoms in total. The van der Waals surface area contributed by atoms with Crippen LogP contribution in [0.5, 0.6) is 0 Å². The zero-order valence-electron chi connectivity index (χ0n) is 15.3. The minimum atomic E-state index is -4.69. The lowest BCUT2D eigenvalue weighted by Crippen LogP contribution is -2.32. The summed E-state index contributed by atoms with van der Waals surface area (Å²) in [6.45, 7) is -0.394. The van der Waals surface area contributed by atoms with Crippen molar-refractivity contribution >= 4 is 23.3 Å². The lowest BCUT2D eigenvalue weighted by Gasteiger charge is -2.11. The molecule has 158 valence electrons. The molecule has 0 unspecified atom stereocenters. The summed E-state index contributed by atoms with van der Waals surface area (Å²) in [5.74, 6) is -0.895. The molecule has 0 fully saturated rings. The summed E-state index contributed by atoms with van der Waals surface area (Å²) in [5, 5.41) is 16.0. The van der Waals surface area contributed by atoms with Crippen molar-refractivity contribution in [1.29, 1.82) is 0 Å². The quantitative estimate of drug-likeness (QED) is 0.211. The molecule has 0 heterocycles. The number of nitrogens with one attached hydrogen (secondary N) is 2. The highest BCUT2D eigenvalue weighted by Gasteiger charge is 2.33. The first-order chi connectivity index (χ1) is 13.7. The van der Waals surface area contributed by atoms with Gasteiger partial charge in [0.1, 0.15) is 5.69 Å². The molecule has 0 radical (unpaired) electrons. The predicted octanol–water partition coefficient (Wildman–Crippen LogP) is 3.04. The van der Waals surface area contributed by atoms with Gasteiger partial charge in [-0.1, -0.05) is 12.2 Å². The van der Waals surface area contributed by atoms with Gasteiger partial charge in [0.05, 0.1) is 16.9 Å². The number of allylic oxidation sites excluding steroid dienone is 2. The van der Waals surface area contributed by atoms with Crippen molar-refractivity contribution in [2.24, 2.45) is 5.92 Å². The van der Waals surface area contributed by atoms with E-state index in [0.29, 0.717) is 6.07 Å². The van der Waals surface area contributed by atoms with E-state index in [4.69, 9.17) is 4.74 Å². The fraction of sp³-hybridized carbons (Fsp3) is 0.444. The summed E-state index contributed by atoms with van der Waals surface area (Å²) in [4.78, 5) is 33.4. The first kappa shape index (κ1) is 22.2. The first-order valence-corrected chi connectivity index (χ1v) is 8.85. The number of ether oxygens (including phenoxy) is 1. The number of nitro groups is 1. The molecular weight excluding hydrogens is 395 g/mol. The van der Waals surface area contributed by atoms with Crippen molar-refractivity contribution < 1.29 is 32.4 Å². The predicted molar refractivity (Wildman–Crippen MR) is 97.0 cm³/mol. The number of nitro benzene ring substituents is 1. The Bertz CT molecular complexity index is 795. The SMILES string of the molecule is O=C(COC(=O)C[C@H]1C=CCC1)NCCNc1ccc(C(F)(F)F)cc1[N+](=O)[O-]. The number of benzene rings is 1. The number of amides is 1. The van der Waals surface area contributed by atoms with Crippen LogP contribution in [-0.2, 0) is 20.5 Å². The number of halogens is 3. The van der Waals surface area contributed by atoms with Crippen molar-refractivity contribution in [1.82, 2.24) is 5.32 Å². The summed E-state index contributed by atoms with van der Waals surface area (Å²) >= 11 is 0. The van der Waals surface area contributed by atoms with Gasteiger partial charge < -0.3 is 15.4 Å². The van der Waals surface area contributed by atoms with E-state index in [1.165, 1.54) is 0 Å². The van der Waals surface area contributed by atoms with Gasteiger partial charge in [0.25, 0.3) is 11.6 Å². The molecule has 0 bridgehead atoms. The van der Waals surface area contributed by atoms with E-state index in [9.17, 15) is 32.9 Å². The van der Waals surface area contributed by atoms with Crippen LogP contribution >= 0.6 is 0 Å². The number of nitrogens with zero attached hydrogens (tertiary/aromatic N) is 1. The second-order valence-electron chi connectivity index (χ2n) is 6.39. The third-order valence-corrected chi connectivity index (χ3v) is 4.19. The summed E-state index contributed by atoms with van der Waals surface area (Å²) in [7, 11) is 0. The summed E-state index contributed by atoms with van der Waals surface area (Å²) < 4.78 is 42.9. The van der Waals surface area contributed by atoms with Gasteiger partial charge in [-0.3, -0.25) is 19.7 Å². The van der Waals surface area contributed by atoms with Crippen molar-refractivity contribution in [3.63, 3.8) is 0 Å². The van der Waals surface area contributed by atoms with Crippen LogP contribution in [0, 0.1) is 16.0 Å². The highest BCUT2D eigenvalue weighted by Crippen LogP contribution is 2.34. The monoisotopic (exact) mass is 415 g/mol. The van der Waals surface area contributed by atoms with Crippen LogP contribution < -0.4 is 10.6 Å². The number of hydrogen-bond donors (Lipinski definition) is 2. The minimum absolute atomic E-state index is 0.0265. The summed E-state index contributed by atoms with van der Waals surface area (Å²) in [5.41, 5.74) is -1.95. The molecular formula is C18H20F3N3O5. The molecule has 0 spiro atoms. The average molecular weight is 415 g/mol. The standard InChI is InChI=1S/C18H20F3N3O5/c19-18(20,21)13-5-6-14(15(10-13)24(27)28)22-7-8-23-16(25)11-29-17(26)9-12-3-1-2-4-12/h1,3,5-6,10,12,22H,2,4,7-9,11H2,(H,23,25)/t12-/m0/s1. The Labute approximate surface area is 164 Å². The van der Waals surface area contributed by atoms with Gasteiger partial charge >= 0.3 is 12.1 Å². The Morgan fingerprint density at radius 1 is 1.28 bits per heavy atom. The van der Waals surface area contributed by atoms with Crippen LogP contribution in [0.1, 0.15) is 24.8 Å². The van der Waals surface area contributed by atoms with Gasteiger partial charge in [-0.05, 0) is 30.9 Å². The summed E-state index contributed by atoms with van der Waals surface area (Å²) in [6, 6.07) is 2.13. The van der Waals surface area contributed by atoms with Gasteiger partial charge in [-0.15, -0.1) is 0 Å². The number of rotatable bonds is 9. The third kappa shape index (κ3) is 7.09. The molecule has 11 heteroatoms. The molecule has 0 aromatic heterocycles.